The van der Waals surface area contributed by atoms with Gasteiger partial charge < -0.3 is 19.9 Å². The number of likely N-dealkylation sites (N-methyl/N-ethyl adjacent to an activating group) is 1. The van der Waals surface area contributed by atoms with Crippen molar-refractivity contribution in [2.75, 3.05) is 64.8 Å². The summed E-state index contributed by atoms with van der Waals surface area (Å²) in [6.45, 7) is 5.56. The molecule has 2 fully saturated rings. The van der Waals surface area contributed by atoms with Gasteiger partial charge in [-0.2, -0.15) is 5.10 Å². The molecule has 38 heavy (non-hydrogen) atoms. The Morgan fingerprint density at radius 1 is 1.03 bits per heavy atom. The van der Waals surface area contributed by atoms with Gasteiger partial charge in [-0.15, -0.1) is 11.3 Å². The summed E-state index contributed by atoms with van der Waals surface area (Å²) in [6, 6.07) is 8.60. The molecule has 3 N–H and O–H groups in total. The number of thiophene rings is 1. The predicted molar refractivity (Wildman–Crippen MR) is 143 cm³/mol. The Bertz CT molecular complexity index is 1390. The normalized spacial score (nSPS) is 18.1. The first kappa shape index (κ1) is 24.7. The van der Waals surface area contributed by atoms with E-state index in [9.17, 15) is 14.4 Å². The second kappa shape index (κ2) is 10.3. The minimum atomic E-state index is -0.414. The molecule has 0 atom stereocenters. The lowest BCUT2D eigenvalue weighted by Gasteiger charge is -2.27. The Morgan fingerprint density at radius 3 is 2.71 bits per heavy atom. The number of carbonyl (C=O) groups is 3. The number of nitrogens with one attached hydrogen (secondary N) is 3. The number of urea groups is 1. The van der Waals surface area contributed by atoms with Crippen LogP contribution in [0.15, 0.2) is 30.3 Å². The largest absolute Gasteiger partial charge is 0.379 e. The number of hydrogen-bond acceptors (Lipinski definition) is 8. The van der Waals surface area contributed by atoms with Crippen LogP contribution in [0.1, 0.15) is 32.0 Å². The van der Waals surface area contributed by atoms with Crippen LogP contribution in [0.4, 0.5) is 10.5 Å². The Morgan fingerprint density at radius 2 is 1.87 bits per heavy atom. The molecule has 0 radical (unpaired) electrons. The van der Waals surface area contributed by atoms with Crippen LogP contribution >= 0.6 is 11.3 Å². The van der Waals surface area contributed by atoms with Crippen molar-refractivity contribution in [3.05, 3.63) is 46.3 Å². The lowest BCUT2D eigenvalue weighted by molar-refractivity contribution is 0.0207. The lowest BCUT2D eigenvalue weighted by Crippen LogP contribution is -2.49. The number of aromatic nitrogens is 2. The minimum Gasteiger partial charge on any atom is -0.379 e. The third-order valence-electron chi connectivity index (χ3n) is 7.13. The summed E-state index contributed by atoms with van der Waals surface area (Å²) in [7, 11) is 2.07. The van der Waals surface area contributed by atoms with Crippen molar-refractivity contribution in [2.45, 2.75) is 6.42 Å². The second-order valence-corrected chi connectivity index (χ2v) is 10.7. The number of ether oxygens (including phenoxy) is 1. The molecule has 0 saturated carbocycles. The highest BCUT2D eigenvalue weighted by molar-refractivity contribution is 7.17. The van der Waals surface area contributed by atoms with Gasteiger partial charge >= 0.3 is 6.03 Å². The summed E-state index contributed by atoms with van der Waals surface area (Å²) in [5.74, 6) is -0.200. The van der Waals surface area contributed by atoms with E-state index >= 15 is 0 Å². The third kappa shape index (κ3) is 4.60. The number of anilines is 1. The van der Waals surface area contributed by atoms with E-state index in [4.69, 9.17) is 4.74 Å². The minimum absolute atomic E-state index is 0.0103. The molecule has 12 heteroatoms. The quantitative estimate of drug-likeness (QED) is 0.367. The number of carbonyl (C=O) groups excluding carboxylic acids is 3. The van der Waals surface area contributed by atoms with Crippen molar-refractivity contribution in [3.63, 3.8) is 0 Å². The number of nitrogens with zero attached hydrogens (tertiary/aromatic N) is 4. The maximum Gasteiger partial charge on any atom is 0.333 e. The van der Waals surface area contributed by atoms with Crippen LogP contribution in [0.3, 0.4) is 0 Å². The molecule has 3 aliphatic rings. The molecule has 11 nitrogen and oxygen atoms in total. The molecule has 0 unspecified atom stereocenters. The van der Waals surface area contributed by atoms with Crippen molar-refractivity contribution in [1.29, 1.82) is 0 Å². The molecule has 3 amide bonds. The van der Waals surface area contributed by atoms with Crippen LogP contribution in [-0.4, -0.2) is 102 Å². The maximum absolute atomic E-state index is 13.7. The van der Waals surface area contributed by atoms with Crippen molar-refractivity contribution < 1.29 is 19.1 Å². The number of morpholine rings is 1. The average molecular weight is 536 g/mol. The molecule has 0 spiro atoms. The van der Waals surface area contributed by atoms with Crippen LogP contribution < -0.4 is 10.7 Å². The van der Waals surface area contributed by atoms with Crippen molar-refractivity contribution in [3.8, 4) is 21.8 Å². The number of ketones is 1. The SMILES string of the molecule is CN1CCCN(C(=O)c2ccc(-c3n[nH]c4c3C(=O)c3c(NC(=O)NN5CCOCC5)cccc3-4)s2)CC1. The van der Waals surface area contributed by atoms with Crippen LogP contribution in [0.25, 0.3) is 21.8 Å². The monoisotopic (exact) mass is 535 g/mol. The Labute approximate surface area is 223 Å². The third-order valence-corrected chi connectivity index (χ3v) is 8.21. The van der Waals surface area contributed by atoms with Gasteiger partial charge in [0, 0.05) is 38.3 Å². The topological polar surface area (TPSA) is 123 Å². The number of rotatable bonds is 4. The summed E-state index contributed by atoms with van der Waals surface area (Å²) in [6.07, 6.45) is 0.945. The first-order valence-electron chi connectivity index (χ1n) is 12.7. The fraction of sp³-hybridized carbons (Fsp3) is 0.385. The summed E-state index contributed by atoms with van der Waals surface area (Å²) in [4.78, 5) is 45.0. The van der Waals surface area contributed by atoms with E-state index in [1.54, 1.807) is 17.1 Å². The van der Waals surface area contributed by atoms with E-state index in [1.165, 1.54) is 11.3 Å². The number of hydrazine groups is 1. The van der Waals surface area contributed by atoms with E-state index in [0.29, 0.717) is 71.5 Å². The van der Waals surface area contributed by atoms with Crippen molar-refractivity contribution >= 4 is 34.7 Å². The zero-order valence-corrected chi connectivity index (χ0v) is 21.9. The molecule has 198 valence electrons. The molecular weight excluding hydrogens is 506 g/mol. The lowest BCUT2D eigenvalue weighted by atomic mass is 10.1. The van der Waals surface area contributed by atoms with E-state index in [1.807, 2.05) is 23.1 Å². The highest BCUT2D eigenvalue weighted by atomic mass is 32.1. The zero-order valence-electron chi connectivity index (χ0n) is 21.1. The number of fused-ring (bicyclic) bond motifs is 3. The fourth-order valence-electron chi connectivity index (χ4n) is 5.13. The number of hydrogen-bond donors (Lipinski definition) is 3. The standard InChI is InChI=1S/C26H29N7O4S/c1-31-8-3-9-32(11-10-31)25(35)19-7-6-18(38-19)23-21-22(28-29-23)16-4-2-5-17(20(16)24(21)34)27-26(36)30-33-12-14-37-15-13-33/h2,4-7H,3,8-15H2,1H3,(H,28,29)(H2,27,30,36). The highest BCUT2D eigenvalue weighted by Gasteiger charge is 2.35. The summed E-state index contributed by atoms with van der Waals surface area (Å²) < 4.78 is 5.31. The van der Waals surface area contributed by atoms with Gasteiger partial charge in [-0.1, -0.05) is 12.1 Å². The van der Waals surface area contributed by atoms with E-state index in [-0.39, 0.29) is 11.7 Å². The van der Waals surface area contributed by atoms with Gasteiger partial charge in [-0.25, -0.2) is 9.80 Å². The molecule has 3 aromatic rings. The van der Waals surface area contributed by atoms with Crippen molar-refractivity contribution in [1.82, 2.24) is 30.4 Å². The number of H-pyrrole nitrogens is 1. The van der Waals surface area contributed by atoms with Gasteiger partial charge in [0.15, 0.2) is 5.78 Å². The molecule has 0 bridgehead atoms. The van der Waals surface area contributed by atoms with E-state index in [0.717, 1.165) is 30.9 Å². The summed E-state index contributed by atoms with van der Waals surface area (Å²) in [5.41, 5.74) is 5.95. The Kier molecular flexibility index (Phi) is 6.70. The number of amides is 3. The smallest absolute Gasteiger partial charge is 0.333 e. The molecule has 2 saturated heterocycles. The molecule has 1 aromatic carbocycles. The van der Waals surface area contributed by atoms with Crippen LogP contribution in [-0.2, 0) is 4.74 Å². The molecule has 2 aromatic heterocycles. The molecular formula is C26H29N7O4S. The first-order valence-corrected chi connectivity index (χ1v) is 13.6. The van der Waals surface area contributed by atoms with E-state index < -0.39 is 6.03 Å². The van der Waals surface area contributed by atoms with Gasteiger partial charge in [0.05, 0.1) is 45.5 Å². The van der Waals surface area contributed by atoms with Gasteiger partial charge in [-0.3, -0.25) is 20.1 Å². The average Bonchev–Trinajstić information content (AvgIpc) is 3.59. The number of benzene rings is 1. The molecule has 1 aliphatic carbocycles. The predicted octanol–water partition coefficient (Wildman–Crippen LogP) is 2.50. The van der Waals surface area contributed by atoms with Crippen molar-refractivity contribution in [2.24, 2.45) is 0 Å². The Hall–Kier alpha value is -3.58. The van der Waals surface area contributed by atoms with Crippen LogP contribution in [0.5, 0.6) is 0 Å². The van der Waals surface area contributed by atoms with Crippen LogP contribution in [0.2, 0.25) is 0 Å². The van der Waals surface area contributed by atoms with Gasteiger partial charge in [0.1, 0.15) is 5.69 Å². The first-order chi connectivity index (χ1) is 18.5. The van der Waals surface area contributed by atoms with Gasteiger partial charge in [0.2, 0.25) is 0 Å². The van der Waals surface area contributed by atoms with Gasteiger partial charge in [-0.05, 0) is 38.2 Å². The van der Waals surface area contributed by atoms with Crippen LogP contribution in [0, 0.1) is 0 Å². The second-order valence-electron chi connectivity index (χ2n) is 9.66. The fourth-order valence-corrected chi connectivity index (χ4v) is 6.10. The molecule has 4 heterocycles. The maximum atomic E-state index is 13.7. The highest BCUT2D eigenvalue weighted by Crippen LogP contribution is 2.44. The Balaban J connectivity index is 1.22. The summed E-state index contributed by atoms with van der Waals surface area (Å²) >= 11 is 1.35. The molecule has 2 aliphatic heterocycles. The van der Waals surface area contributed by atoms with E-state index in [2.05, 4.69) is 32.9 Å². The summed E-state index contributed by atoms with van der Waals surface area (Å²) in [5, 5.41) is 12.1. The number of aromatic amines is 1. The zero-order chi connectivity index (χ0) is 26.2. The molecule has 6 rings (SSSR count). The van der Waals surface area contributed by atoms with Gasteiger partial charge in [0.25, 0.3) is 5.91 Å².